The van der Waals surface area contributed by atoms with Crippen molar-refractivity contribution < 1.29 is 49.8 Å². The number of carbonyl (C=O) groups is 2. The lowest BCUT2D eigenvalue weighted by atomic mass is 9.98. The number of ether oxygens (including phenoxy) is 2. The molecule has 208 valence electrons. The fourth-order valence-corrected chi connectivity index (χ4v) is 4.06. The first-order chi connectivity index (χ1) is 16.9. The molecule has 15 heteroatoms. The molecular weight excluding hydrogens is 517 g/mol. The smallest absolute Gasteiger partial charge is 0.410 e. The van der Waals surface area contributed by atoms with Gasteiger partial charge in [-0.2, -0.15) is 31.3 Å². The van der Waals surface area contributed by atoms with E-state index in [-0.39, 0.29) is 23.6 Å². The van der Waals surface area contributed by atoms with Gasteiger partial charge in [0, 0.05) is 18.7 Å². The Morgan fingerprint density at radius 2 is 1.73 bits per heavy atom. The summed E-state index contributed by atoms with van der Waals surface area (Å²) in [5, 5.41) is 2.50. The van der Waals surface area contributed by atoms with Crippen molar-refractivity contribution in [3.05, 3.63) is 17.4 Å². The third-order valence-electron chi connectivity index (χ3n) is 5.82. The van der Waals surface area contributed by atoms with Gasteiger partial charge < -0.3 is 19.7 Å². The number of aromatic nitrogens is 1. The van der Waals surface area contributed by atoms with Crippen molar-refractivity contribution >= 4 is 17.8 Å². The maximum atomic E-state index is 14.8. The van der Waals surface area contributed by atoms with Crippen molar-refractivity contribution in [3.8, 4) is 5.88 Å². The first-order valence-electron chi connectivity index (χ1n) is 11.3. The second-order valence-electron chi connectivity index (χ2n) is 9.85. The molecule has 2 amide bonds. The van der Waals surface area contributed by atoms with Crippen LogP contribution in [-0.2, 0) is 16.1 Å². The molecule has 0 bridgehead atoms. The SMILES string of the molecule is COc1nc(N2CC(F)(F)C(F)(F)C(F)(F)C2)c(F)cc1CNC(=O)[C@@H]1CCCN1C(=O)OC(C)(C)C. The minimum Gasteiger partial charge on any atom is -0.481 e. The van der Waals surface area contributed by atoms with Crippen molar-refractivity contribution in [3.63, 3.8) is 0 Å². The third-order valence-corrected chi connectivity index (χ3v) is 5.82. The number of pyridine rings is 1. The number of amides is 2. The van der Waals surface area contributed by atoms with Gasteiger partial charge in [0.2, 0.25) is 11.8 Å². The molecule has 2 fully saturated rings. The Kier molecular flexibility index (Phi) is 7.50. The molecule has 3 rings (SSSR count). The van der Waals surface area contributed by atoms with Crippen LogP contribution < -0.4 is 15.0 Å². The average molecular weight is 544 g/mol. The van der Waals surface area contributed by atoms with Crippen molar-refractivity contribution in [2.45, 2.75) is 69.6 Å². The summed E-state index contributed by atoms with van der Waals surface area (Å²) in [5.74, 6) is -19.3. The zero-order valence-corrected chi connectivity index (χ0v) is 20.5. The molecule has 0 aromatic carbocycles. The number of nitrogens with one attached hydrogen (secondary N) is 1. The van der Waals surface area contributed by atoms with Gasteiger partial charge in [0.05, 0.1) is 20.2 Å². The van der Waals surface area contributed by atoms with Crippen molar-refractivity contribution in [2.75, 3.05) is 31.6 Å². The van der Waals surface area contributed by atoms with Crippen LogP contribution in [-0.4, -0.2) is 78.0 Å². The number of hydrogen-bond acceptors (Lipinski definition) is 6. The molecule has 2 aliphatic heterocycles. The molecule has 1 aromatic rings. The molecule has 2 aliphatic rings. The van der Waals surface area contributed by atoms with Crippen LogP contribution in [0.15, 0.2) is 6.07 Å². The summed E-state index contributed by atoms with van der Waals surface area (Å²) in [4.78, 5) is 30.1. The lowest BCUT2D eigenvalue weighted by Gasteiger charge is -2.43. The molecule has 0 aliphatic carbocycles. The van der Waals surface area contributed by atoms with Gasteiger partial charge in [-0.1, -0.05) is 0 Å². The van der Waals surface area contributed by atoms with E-state index in [9.17, 15) is 40.3 Å². The summed E-state index contributed by atoms with van der Waals surface area (Å²) in [6.07, 6.45) is 0.200. The van der Waals surface area contributed by atoms with Crippen molar-refractivity contribution in [2.24, 2.45) is 0 Å². The summed E-state index contributed by atoms with van der Waals surface area (Å²) in [7, 11) is 1.07. The van der Waals surface area contributed by atoms with Crippen molar-refractivity contribution in [1.82, 2.24) is 15.2 Å². The van der Waals surface area contributed by atoms with E-state index in [1.54, 1.807) is 20.8 Å². The van der Waals surface area contributed by atoms with Crippen LogP contribution >= 0.6 is 0 Å². The van der Waals surface area contributed by atoms with Gasteiger partial charge in [0.1, 0.15) is 11.6 Å². The lowest BCUT2D eigenvalue weighted by molar-refractivity contribution is -0.314. The second kappa shape index (κ2) is 9.71. The molecule has 1 aromatic heterocycles. The number of nitrogens with zero attached hydrogens (tertiary/aromatic N) is 3. The topological polar surface area (TPSA) is 84.0 Å². The Morgan fingerprint density at radius 1 is 1.14 bits per heavy atom. The predicted molar refractivity (Wildman–Crippen MR) is 116 cm³/mol. The van der Waals surface area contributed by atoms with Crippen LogP contribution in [0.5, 0.6) is 5.88 Å². The number of alkyl halides is 6. The number of likely N-dealkylation sites (tertiary alicyclic amines) is 1. The van der Waals surface area contributed by atoms with E-state index in [0.29, 0.717) is 18.9 Å². The van der Waals surface area contributed by atoms with E-state index < -0.39 is 72.0 Å². The highest BCUT2D eigenvalue weighted by Crippen LogP contribution is 2.50. The molecular formula is C22H27F7N4O4. The van der Waals surface area contributed by atoms with Gasteiger partial charge in [0.25, 0.3) is 0 Å². The number of hydrogen-bond donors (Lipinski definition) is 1. The van der Waals surface area contributed by atoms with Gasteiger partial charge in [0.15, 0.2) is 11.6 Å². The summed E-state index contributed by atoms with van der Waals surface area (Å²) in [6, 6.07) is -0.150. The zero-order chi connectivity index (χ0) is 28.0. The first-order valence-corrected chi connectivity index (χ1v) is 11.3. The molecule has 1 atom stereocenters. The van der Waals surface area contributed by atoms with E-state index in [1.807, 2.05) is 0 Å². The number of methoxy groups -OCH3 is 1. The molecule has 0 unspecified atom stereocenters. The Labute approximate surface area is 208 Å². The third kappa shape index (κ3) is 5.64. The van der Waals surface area contributed by atoms with Crippen molar-refractivity contribution in [1.29, 1.82) is 0 Å². The van der Waals surface area contributed by atoms with E-state index in [1.165, 1.54) is 4.90 Å². The van der Waals surface area contributed by atoms with Crippen LogP contribution in [0.25, 0.3) is 0 Å². The van der Waals surface area contributed by atoms with Crippen LogP contribution in [0.2, 0.25) is 0 Å². The second-order valence-corrected chi connectivity index (χ2v) is 9.85. The maximum absolute atomic E-state index is 14.8. The quantitative estimate of drug-likeness (QED) is 0.565. The molecule has 2 saturated heterocycles. The molecule has 8 nitrogen and oxygen atoms in total. The fourth-order valence-electron chi connectivity index (χ4n) is 4.06. The minimum atomic E-state index is -5.63. The van der Waals surface area contributed by atoms with Gasteiger partial charge in [-0.15, -0.1) is 0 Å². The van der Waals surface area contributed by atoms with Crippen LogP contribution in [0.3, 0.4) is 0 Å². The highest BCUT2D eigenvalue weighted by Gasteiger charge is 2.75. The van der Waals surface area contributed by atoms with Gasteiger partial charge >= 0.3 is 23.9 Å². The Balaban J connectivity index is 1.76. The number of anilines is 1. The number of halogens is 7. The Hall–Kier alpha value is -3.00. The normalized spacial score (nSPS) is 22.5. The van der Waals surface area contributed by atoms with E-state index in [4.69, 9.17) is 9.47 Å². The molecule has 37 heavy (non-hydrogen) atoms. The van der Waals surface area contributed by atoms with Gasteiger partial charge in [-0.25, -0.2) is 9.18 Å². The van der Waals surface area contributed by atoms with Crippen LogP contribution in [0, 0.1) is 5.82 Å². The van der Waals surface area contributed by atoms with Crippen LogP contribution in [0.1, 0.15) is 39.2 Å². The zero-order valence-electron chi connectivity index (χ0n) is 20.5. The summed E-state index contributed by atoms with van der Waals surface area (Å²) in [6.45, 7) is 1.12. The molecule has 0 saturated carbocycles. The largest absolute Gasteiger partial charge is 0.481 e. The highest BCUT2D eigenvalue weighted by molar-refractivity contribution is 5.86. The summed E-state index contributed by atoms with van der Waals surface area (Å²) >= 11 is 0. The first kappa shape index (κ1) is 28.6. The molecule has 0 spiro atoms. The molecule has 3 heterocycles. The number of rotatable bonds is 5. The maximum Gasteiger partial charge on any atom is 0.410 e. The Bertz CT molecular complexity index is 1030. The lowest BCUT2D eigenvalue weighted by Crippen LogP contribution is -2.67. The van der Waals surface area contributed by atoms with Crippen LogP contribution in [0.4, 0.5) is 41.3 Å². The molecule has 1 N–H and O–H groups in total. The number of carbonyl (C=O) groups excluding carboxylic acids is 2. The minimum absolute atomic E-state index is 0.0227. The van der Waals surface area contributed by atoms with E-state index in [0.717, 1.165) is 7.11 Å². The monoisotopic (exact) mass is 544 g/mol. The highest BCUT2D eigenvalue weighted by atomic mass is 19.3. The summed E-state index contributed by atoms with van der Waals surface area (Å²) in [5.41, 5.74) is -0.864. The van der Waals surface area contributed by atoms with E-state index in [2.05, 4.69) is 10.3 Å². The van der Waals surface area contributed by atoms with E-state index >= 15 is 0 Å². The number of piperidine rings is 1. The van der Waals surface area contributed by atoms with Gasteiger partial charge in [-0.05, 0) is 39.7 Å². The fraction of sp³-hybridized carbons (Fsp3) is 0.682. The molecule has 0 radical (unpaired) electrons. The average Bonchev–Trinajstić information content (AvgIpc) is 3.25. The Morgan fingerprint density at radius 3 is 2.27 bits per heavy atom. The van der Waals surface area contributed by atoms with Gasteiger partial charge in [-0.3, -0.25) is 9.69 Å². The summed E-state index contributed by atoms with van der Waals surface area (Å²) < 4.78 is 107. The predicted octanol–water partition coefficient (Wildman–Crippen LogP) is 3.97. The standard InChI is InChI=1S/C22H27F7N4O4/c1-19(2,3)37-18(35)33-7-5-6-14(33)16(34)30-9-12-8-13(23)15(31-17(12)36-4)32-10-20(24,25)22(28,29)21(26,27)11-32/h8,14H,5-7,9-11H2,1-4H3,(H,30,34)/t14-/m0/s1.